The number of rotatable bonds is 9. The maximum atomic E-state index is 12.8. The molecule has 0 aliphatic rings. The van der Waals surface area contributed by atoms with E-state index in [1.54, 1.807) is 26.0 Å². The van der Waals surface area contributed by atoms with Gasteiger partial charge < -0.3 is 10.6 Å². The molecule has 0 saturated heterocycles. The van der Waals surface area contributed by atoms with E-state index in [9.17, 15) is 13.2 Å². The third kappa shape index (κ3) is 4.84. The summed E-state index contributed by atoms with van der Waals surface area (Å²) in [4.78, 5) is 13.5. The number of benzene rings is 1. The first-order valence-electron chi connectivity index (χ1n) is 8.62. The Balaban J connectivity index is 2.31. The first kappa shape index (κ1) is 20.4. The summed E-state index contributed by atoms with van der Waals surface area (Å²) in [6, 6.07) is 8.59. The van der Waals surface area contributed by atoms with Gasteiger partial charge in [-0.3, -0.25) is 4.79 Å². The van der Waals surface area contributed by atoms with Gasteiger partial charge in [0.05, 0.1) is 22.7 Å². The molecule has 8 heteroatoms. The summed E-state index contributed by atoms with van der Waals surface area (Å²) in [5, 5.41) is 7.92. The van der Waals surface area contributed by atoms with Crippen molar-refractivity contribution in [1.29, 1.82) is 0 Å². The average molecular weight is 396 g/mol. The molecule has 0 fully saturated rings. The van der Waals surface area contributed by atoms with E-state index in [0.717, 1.165) is 4.88 Å². The maximum Gasteiger partial charge on any atom is 0.243 e. The highest BCUT2D eigenvalue weighted by Gasteiger charge is 2.23. The van der Waals surface area contributed by atoms with Crippen LogP contribution in [-0.2, 0) is 21.2 Å². The number of carbonyl (C=O) groups excluding carboxylic acids is 1. The molecule has 1 heterocycles. The minimum absolute atomic E-state index is 0.175. The van der Waals surface area contributed by atoms with Crippen LogP contribution in [0.4, 0.5) is 11.4 Å². The minimum atomic E-state index is -3.58. The summed E-state index contributed by atoms with van der Waals surface area (Å²) in [7, 11) is -3.58. The summed E-state index contributed by atoms with van der Waals surface area (Å²) in [6.45, 7) is 7.00. The second kappa shape index (κ2) is 9.16. The first-order chi connectivity index (χ1) is 12.4. The molecule has 0 aliphatic carbocycles. The van der Waals surface area contributed by atoms with Gasteiger partial charge >= 0.3 is 0 Å². The van der Waals surface area contributed by atoms with E-state index in [-0.39, 0.29) is 17.2 Å². The van der Waals surface area contributed by atoms with Gasteiger partial charge in [-0.25, -0.2) is 8.42 Å². The molecule has 0 atom stereocenters. The number of hydrogen-bond donors (Lipinski definition) is 2. The number of thiophene rings is 1. The zero-order valence-electron chi connectivity index (χ0n) is 15.3. The molecule has 26 heavy (non-hydrogen) atoms. The zero-order chi connectivity index (χ0) is 19.2. The van der Waals surface area contributed by atoms with Gasteiger partial charge in [0.1, 0.15) is 0 Å². The Morgan fingerprint density at radius 2 is 1.85 bits per heavy atom. The molecule has 0 saturated carbocycles. The van der Waals surface area contributed by atoms with E-state index in [0.29, 0.717) is 31.0 Å². The summed E-state index contributed by atoms with van der Waals surface area (Å²) < 4.78 is 26.9. The van der Waals surface area contributed by atoms with Crippen LogP contribution >= 0.6 is 11.3 Å². The number of nitrogens with one attached hydrogen (secondary N) is 2. The van der Waals surface area contributed by atoms with E-state index in [1.165, 1.54) is 21.7 Å². The largest absolute Gasteiger partial charge is 0.384 e. The molecule has 1 amide bonds. The Morgan fingerprint density at radius 3 is 2.42 bits per heavy atom. The summed E-state index contributed by atoms with van der Waals surface area (Å²) in [5.41, 5.74) is 1.17. The second-order valence-corrected chi connectivity index (χ2v) is 8.60. The molecule has 1 aromatic heterocycles. The summed E-state index contributed by atoms with van der Waals surface area (Å²) in [6.07, 6.45) is 0.260. The molecule has 0 unspecified atom stereocenters. The van der Waals surface area contributed by atoms with E-state index in [4.69, 9.17) is 0 Å². The fourth-order valence-corrected chi connectivity index (χ4v) is 4.80. The van der Waals surface area contributed by atoms with Crippen molar-refractivity contribution >= 4 is 38.6 Å². The average Bonchev–Trinajstić information content (AvgIpc) is 3.10. The number of hydrogen-bond acceptors (Lipinski definition) is 5. The SMILES string of the molecule is CCNc1ccc(S(=O)(=O)N(CC)CC)cc1NC(=O)Cc1cccs1. The van der Waals surface area contributed by atoms with Crippen molar-refractivity contribution in [3.8, 4) is 0 Å². The molecule has 0 aliphatic heterocycles. The van der Waals surface area contributed by atoms with E-state index in [2.05, 4.69) is 10.6 Å². The van der Waals surface area contributed by atoms with Crippen LogP contribution in [0.1, 0.15) is 25.6 Å². The Morgan fingerprint density at radius 1 is 1.12 bits per heavy atom. The molecular formula is C18H25N3O3S2. The monoisotopic (exact) mass is 395 g/mol. The van der Waals surface area contributed by atoms with Gasteiger partial charge in [0.25, 0.3) is 0 Å². The van der Waals surface area contributed by atoms with Crippen LogP contribution in [0.3, 0.4) is 0 Å². The maximum absolute atomic E-state index is 12.8. The number of amides is 1. The van der Waals surface area contributed by atoms with Gasteiger partial charge in [0.15, 0.2) is 0 Å². The minimum Gasteiger partial charge on any atom is -0.384 e. The molecule has 2 rings (SSSR count). The lowest BCUT2D eigenvalue weighted by Gasteiger charge is -2.20. The fourth-order valence-electron chi connectivity index (χ4n) is 2.61. The first-order valence-corrected chi connectivity index (χ1v) is 10.9. The topological polar surface area (TPSA) is 78.5 Å². The van der Waals surface area contributed by atoms with E-state index < -0.39 is 10.0 Å². The van der Waals surface area contributed by atoms with E-state index in [1.807, 2.05) is 24.4 Å². The molecule has 2 aromatic rings. The van der Waals surface area contributed by atoms with Gasteiger partial charge in [-0.2, -0.15) is 4.31 Å². The molecule has 6 nitrogen and oxygen atoms in total. The lowest BCUT2D eigenvalue weighted by molar-refractivity contribution is -0.115. The van der Waals surface area contributed by atoms with Crippen molar-refractivity contribution in [2.75, 3.05) is 30.3 Å². The quantitative estimate of drug-likeness (QED) is 0.682. The molecule has 0 spiro atoms. The number of sulfonamides is 1. The Bertz CT molecular complexity index is 829. The second-order valence-electron chi connectivity index (χ2n) is 5.63. The van der Waals surface area contributed by atoms with Crippen LogP contribution in [0, 0.1) is 0 Å². The highest BCUT2D eigenvalue weighted by Crippen LogP contribution is 2.27. The van der Waals surface area contributed by atoms with Gasteiger partial charge in [-0.1, -0.05) is 19.9 Å². The summed E-state index contributed by atoms with van der Waals surface area (Å²) in [5.74, 6) is -0.177. The molecular weight excluding hydrogens is 370 g/mol. The third-order valence-corrected chi connectivity index (χ3v) is 6.81. The highest BCUT2D eigenvalue weighted by molar-refractivity contribution is 7.89. The van der Waals surface area contributed by atoms with Crippen molar-refractivity contribution in [2.24, 2.45) is 0 Å². The van der Waals surface area contributed by atoms with Crippen LogP contribution in [0.5, 0.6) is 0 Å². The molecule has 0 bridgehead atoms. The molecule has 0 radical (unpaired) electrons. The number of carbonyl (C=O) groups is 1. The van der Waals surface area contributed by atoms with Gasteiger partial charge in [-0.05, 0) is 36.6 Å². The predicted octanol–water partition coefficient (Wildman–Crippen LogP) is 3.39. The van der Waals surface area contributed by atoms with Crippen molar-refractivity contribution in [2.45, 2.75) is 32.1 Å². The molecule has 142 valence electrons. The van der Waals surface area contributed by atoms with Crippen molar-refractivity contribution in [3.63, 3.8) is 0 Å². The number of nitrogens with zero attached hydrogens (tertiary/aromatic N) is 1. The standard InChI is InChI=1S/C18H25N3O3S2/c1-4-19-16-10-9-15(26(23,24)21(5-2)6-3)13-17(16)20-18(22)12-14-8-7-11-25-14/h7-11,13,19H,4-6,12H2,1-3H3,(H,20,22). The smallest absolute Gasteiger partial charge is 0.243 e. The van der Waals surface area contributed by atoms with Crippen LogP contribution in [0.2, 0.25) is 0 Å². The van der Waals surface area contributed by atoms with Crippen molar-refractivity contribution in [1.82, 2.24) is 4.31 Å². The van der Waals surface area contributed by atoms with Gasteiger partial charge in [-0.15, -0.1) is 11.3 Å². The van der Waals surface area contributed by atoms with Crippen LogP contribution in [0.15, 0.2) is 40.6 Å². The van der Waals surface area contributed by atoms with Gasteiger partial charge in [0.2, 0.25) is 15.9 Å². The Labute approximate surface area is 159 Å². The fraction of sp³-hybridized carbons (Fsp3) is 0.389. The Hall–Kier alpha value is -1.90. The normalized spacial score (nSPS) is 11.5. The van der Waals surface area contributed by atoms with Crippen molar-refractivity contribution < 1.29 is 13.2 Å². The predicted molar refractivity (Wildman–Crippen MR) is 107 cm³/mol. The van der Waals surface area contributed by atoms with Crippen LogP contribution < -0.4 is 10.6 Å². The van der Waals surface area contributed by atoms with Crippen LogP contribution in [0.25, 0.3) is 0 Å². The van der Waals surface area contributed by atoms with Crippen LogP contribution in [-0.4, -0.2) is 38.3 Å². The van der Waals surface area contributed by atoms with Gasteiger partial charge in [0, 0.05) is 24.5 Å². The Kier molecular flexibility index (Phi) is 7.19. The van der Waals surface area contributed by atoms with E-state index >= 15 is 0 Å². The lowest BCUT2D eigenvalue weighted by Crippen LogP contribution is -2.30. The van der Waals surface area contributed by atoms with Crippen molar-refractivity contribution in [3.05, 3.63) is 40.6 Å². The third-order valence-electron chi connectivity index (χ3n) is 3.89. The summed E-state index contributed by atoms with van der Waals surface area (Å²) >= 11 is 1.51. The molecule has 2 N–H and O–H groups in total. The lowest BCUT2D eigenvalue weighted by atomic mass is 10.2. The molecule has 1 aromatic carbocycles. The number of anilines is 2. The highest BCUT2D eigenvalue weighted by atomic mass is 32.2. The zero-order valence-corrected chi connectivity index (χ0v) is 16.9.